The van der Waals surface area contributed by atoms with Crippen molar-refractivity contribution in [3.63, 3.8) is 0 Å². The minimum Gasteiger partial charge on any atom is -0.466 e. The number of ether oxygens (including phenoxy) is 3. The number of nitrogens with one attached hydrogen (secondary N) is 1. The summed E-state index contributed by atoms with van der Waals surface area (Å²) in [7, 11) is 0. The highest BCUT2D eigenvalue weighted by Crippen LogP contribution is 2.20. The average Bonchev–Trinajstić information content (AvgIpc) is 2.73. The van der Waals surface area contributed by atoms with E-state index in [2.05, 4.69) is 5.32 Å². The maximum atomic E-state index is 12.8. The van der Waals surface area contributed by atoms with Crippen LogP contribution < -0.4 is 5.32 Å². The highest BCUT2D eigenvalue weighted by molar-refractivity contribution is 5.84. The molecule has 0 bridgehead atoms. The van der Waals surface area contributed by atoms with Gasteiger partial charge in [-0.1, -0.05) is 12.1 Å². The largest absolute Gasteiger partial charge is 0.466 e. The molecule has 1 aliphatic rings. The molecule has 0 saturated carbocycles. The van der Waals surface area contributed by atoms with Crippen molar-refractivity contribution in [1.82, 2.24) is 4.90 Å². The van der Waals surface area contributed by atoms with Crippen LogP contribution in [0.1, 0.15) is 46.1 Å². The number of hydrogen-bond acceptors (Lipinski definition) is 6. The zero-order valence-electron chi connectivity index (χ0n) is 18.7. The molecule has 2 rings (SSSR count). The zero-order chi connectivity index (χ0) is 21.9. The summed E-state index contributed by atoms with van der Waals surface area (Å²) in [6.45, 7) is 10.9. The lowest BCUT2D eigenvalue weighted by Crippen LogP contribution is -2.46. The highest BCUT2D eigenvalue weighted by atomic mass is 16.5. The molecule has 168 valence electrons. The number of anilines is 1. The van der Waals surface area contributed by atoms with Gasteiger partial charge in [-0.25, -0.2) is 0 Å². The number of nitrogens with zero attached hydrogens (tertiary/aromatic N) is 1. The summed E-state index contributed by atoms with van der Waals surface area (Å²) in [5, 5.41) is 3.29. The van der Waals surface area contributed by atoms with Crippen molar-refractivity contribution in [2.45, 2.75) is 59.3 Å². The molecule has 7 nitrogen and oxygen atoms in total. The van der Waals surface area contributed by atoms with Gasteiger partial charge in [-0.2, -0.15) is 0 Å². The van der Waals surface area contributed by atoms with Gasteiger partial charge in [0, 0.05) is 18.8 Å². The number of benzene rings is 1. The second kappa shape index (κ2) is 12.5. The number of carbonyl (C=O) groups excluding carboxylic acids is 2. The standard InChI is InChI=1S/C23H36N2O5/c1-5-29-23(27)20-9-11-25(12-10-20)22(26)18(4)24-21-8-6-7-19(15-21)16-28-13-14-30-17(2)3/h6-8,15,17-18,20,24H,5,9-14,16H2,1-4H3. The Morgan fingerprint density at radius 2 is 1.90 bits per heavy atom. The van der Waals surface area contributed by atoms with E-state index in [1.807, 2.05) is 56.9 Å². The van der Waals surface area contributed by atoms with Gasteiger partial charge in [0.2, 0.25) is 5.91 Å². The van der Waals surface area contributed by atoms with E-state index >= 15 is 0 Å². The third-order valence-electron chi connectivity index (χ3n) is 5.05. The first-order valence-corrected chi connectivity index (χ1v) is 10.9. The van der Waals surface area contributed by atoms with Crippen LogP contribution in [-0.2, 0) is 30.4 Å². The van der Waals surface area contributed by atoms with Gasteiger partial charge in [-0.05, 0) is 58.2 Å². The van der Waals surface area contributed by atoms with Crippen molar-refractivity contribution in [2.75, 3.05) is 38.2 Å². The molecule has 1 saturated heterocycles. The molecular formula is C23H36N2O5. The minimum absolute atomic E-state index is 0.0461. The summed E-state index contributed by atoms with van der Waals surface area (Å²) in [6, 6.07) is 7.55. The maximum Gasteiger partial charge on any atom is 0.309 e. The van der Waals surface area contributed by atoms with Gasteiger partial charge >= 0.3 is 5.97 Å². The van der Waals surface area contributed by atoms with E-state index in [9.17, 15) is 9.59 Å². The molecule has 1 heterocycles. The van der Waals surface area contributed by atoms with Crippen LogP contribution in [0, 0.1) is 5.92 Å². The lowest BCUT2D eigenvalue weighted by molar-refractivity contribution is -0.151. The number of rotatable bonds is 11. The molecule has 1 N–H and O–H groups in total. The molecule has 1 aromatic carbocycles. The molecule has 1 aromatic rings. The normalized spacial score (nSPS) is 15.8. The van der Waals surface area contributed by atoms with Crippen molar-refractivity contribution in [1.29, 1.82) is 0 Å². The lowest BCUT2D eigenvalue weighted by Gasteiger charge is -2.33. The second-order valence-corrected chi connectivity index (χ2v) is 7.89. The third kappa shape index (κ3) is 7.95. The Balaban J connectivity index is 1.78. The zero-order valence-corrected chi connectivity index (χ0v) is 18.7. The molecule has 7 heteroatoms. The minimum atomic E-state index is -0.347. The summed E-state index contributed by atoms with van der Waals surface area (Å²) >= 11 is 0. The van der Waals surface area contributed by atoms with Crippen LogP contribution in [0.3, 0.4) is 0 Å². The van der Waals surface area contributed by atoms with Crippen LogP contribution in [0.5, 0.6) is 0 Å². The van der Waals surface area contributed by atoms with E-state index in [0.717, 1.165) is 11.3 Å². The maximum absolute atomic E-state index is 12.8. The number of piperidine rings is 1. The number of esters is 1. The van der Waals surface area contributed by atoms with Gasteiger partial charge in [0.15, 0.2) is 0 Å². The fourth-order valence-electron chi connectivity index (χ4n) is 3.46. The number of likely N-dealkylation sites (tertiary alicyclic amines) is 1. The molecule has 1 amide bonds. The van der Waals surface area contributed by atoms with Crippen LogP contribution in [0.2, 0.25) is 0 Å². The molecule has 0 aromatic heterocycles. The summed E-state index contributed by atoms with van der Waals surface area (Å²) in [6.07, 6.45) is 1.52. The Morgan fingerprint density at radius 1 is 1.17 bits per heavy atom. The second-order valence-electron chi connectivity index (χ2n) is 7.89. The Hall–Kier alpha value is -2.12. The van der Waals surface area contributed by atoms with Crippen LogP contribution in [0.15, 0.2) is 24.3 Å². The highest BCUT2D eigenvalue weighted by Gasteiger charge is 2.30. The monoisotopic (exact) mass is 420 g/mol. The van der Waals surface area contributed by atoms with E-state index in [1.54, 1.807) is 0 Å². The van der Waals surface area contributed by atoms with Crippen molar-refractivity contribution < 1.29 is 23.8 Å². The first-order chi connectivity index (χ1) is 14.4. The lowest BCUT2D eigenvalue weighted by atomic mass is 9.96. The van der Waals surface area contributed by atoms with Gasteiger partial charge < -0.3 is 24.4 Å². The van der Waals surface area contributed by atoms with Crippen LogP contribution in [-0.4, -0.2) is 61.8 Å². The molecule has 0 aliphatic carbocycles. The first-order valence-electron chi connectivity index (χ1n) is 10.9. The van der Waals surface area contributed by atoms with Crippen molar-refractivity contribution >= 4 is 17.6 Å². The summed E-state index contributed by atoms with van der Waals surface area (Å²) < 4.78 is 16.2. The van der Waals surface area contributed by atoms with Gasteiger partial charge in [0.25, 0.3) is 0 Å². The molecule has 1 fully saturated rings. The van der Waals surface area contributed by atoms with Crippen LogP contribution >= 0.6 is 0 Å². The van der Waals surface area contributed by atoms with Crippen molar-refractivity contribution in [3.8, 4) is 0 Å². The smallest absolute Gasteiger partial charge is 0.309 e. The van der Waals surface area contributed by atoms with Gasteiger partial charge in [0.05, 0.1) is 38.4 Å². The number of hydrogen-bond donors (Lipinski definition) is 1. The van der Waals surface area contributed by atoms with E-state index in [1.165, 1.54) is 0 Å². The van der Waals surface area contributed by atoms with E-state index in [4.69, 9.17) is 14.2 Å². The quantitative estimate of drug-likeness (QED) is 0.438. The summed E-state index contributed by atoms with van der Waals surface area (Å²) in [5.74, 6) is -0.199. The fraction of sp³-hybridized carbons (Fsp3) is 0.652. The van der Waals surface area contributed by atoms with Crippen LogP contribution in [0.25, 0.3) is 0 Å². The Morgan fingerprint density at radius 3 is 2.57 bits per heavy atom. The molecule has 1 aliphatic heterocycles. The predicted octanol–water partition coefficient (Wildman–Crippen LogP) is 3.23. The fourth-order valence-corrected chi connectivity index (χ4v) is 3.46. The molecule has 0 spiro atoms. The molecule has 1 atom stereocenters. The topological polar surface area (TPSA) is 77.1 Å². The molecule has 0 radical (unpaired) electrons. The number of carbonyl (C=O) groups is 2. The van der Waals surface area contributed by atoms with Gasteiger partial charge in [-0.3, -0.25) is 9.59 Å². The predicted molar refractivity (Wildman–Crippen MR) is 116 cm³/mol. The Bertz CT molecular complexity index is 671. The van der Waals surface area contributed by atoms with Crippen LogP contribution in [0.4, 0.5) is 5.69 Å². The average molecular weight is 421 g/mol. The Labute approximate surface area is 180 Å². The van der Waals surface area contributed by atoms with Crippen molar-refractivity contribution in [2.24, 2.45) is 5.92 Å². The molecule has 1 unspecified atom stereocenters. The SMILES string of the molecule is CCOC(=O)C1CCN(C(=O)C(C)Nc2cccc(COCCOC(C)C)c2)CC1. The molecule has 30 heavy (non-hydrogen) atoms. The van der Waals surface area contributed by atoms with E-state index in [-0.39, 0.29) is 29.9 Å². The van der Waals surface area contributed by atoms with Gasteiger partial charge in [0.1, 0.15) is 6.04 Å². The summed E-state index contributed by atoms with van der Waals surface area (Å²) in [5.41, 5.74) is 1.93. The summed E-state index contributed by atoms with van der Waals surface area (Å²) in [4.78, 5) is 26.5. The van der Waals surface area contributed by atoms with Crippen molar-refractivity contribution in [3.05, 3.63) is 29.8 Å². The van der Waals surface area contributed by atoms with E-state index < -0.39 is 0 Å². The van der Waals surface area contributed by atoms with Gasteiger partial charge in [-0.15, -0.1) is 0 Å². The third-order valence-corrected chi connectivity index (χ3v) is 5.05. The Kier molecular flexibility index (Phi) is 10.1. The van der Waals surface area contributed by atoms with E-state index in [0.29, 0.717) is 52.4 Å². The number of amides is 1. The first kappa shape index (κ1) is 24.2. The molecular weight excluding hydrogens is 384 g/mol.